The summed E-state index contributed by atoms with van der Waals surface area (Å²) < 4.78 is 43.6. The minimum absolute atomic E-state index is 0.262. The van der Waals surface area contributed by atoms with Crippen molar-refractivity contribution in [3.05, 3.63) is 83.2 Å². The van der Waals surface area contributed by atoms with Crippen LogP contribution in [0.3, 0.4) is 0 Å². The van der Waals surface area contributed by atoms with Gasteiger partial charge >= 0.3 is 6.18 Å². The first-order chi connectivity index (χ1) is 14.3. The maximum absolute atomic E-state index is 12.7. The summed E-state index contributed by atoms with van der Waals surface area (Å²) in [5.74, 6) is 0.355. The zero-order valence-corrected chi connectivity index (χ0v) is 16.6. The molecule has 1 aromatic heterocycles. The summed E-state index contributed by atoms with van der Waals surface area (Å²) in [6, 6.07) is 14.7. The van der Waals surface area contributed by atoms with E-state index in [0.717, 1.165) is 30.7 Å². The monoisotopic (exact) mass is 414 g/mol. The fourth-order valence-corrected chi connectivity index (χ4v) is 2.93. The molecule has 0 fully saturated rings. The Labute approximate surface area is 172 Å². The van der Waals surface area contributed by atoms with Crippen molar-refractivity contribution in [3.63, 3.8) is 0 Å². The summed E-state index contributed by atoms with van der Waals surface area (Å²) in [6.07, 6.45) is -2.57. The van der Waals surface area contributed by atoms with E-state index < -0.39 is 11.7 Å². The van der Waals surface area contributed by atoms with Crippen molar-refractivity contribution >= 4 is 11.6 Å². The van der Waals surface area contributed by atoms with Gasteiger partial charge in [-0.1, -0.05) is 19.4 Å². The van der Waals surface area contributed by atoms with Crippen LogP contribution >= 0.6 is 0 Å². The van der Waals surface area contributed by atoms with Gasteiger partial charge in [-0.25, -0.2) is 0 Å². The van der Waals surface area contributed by atoms with Crippen molar-refractivity contribution < 1.29 is 22.7 Å². The highest BCUT2D eigenvalue weighted by Gasteiger charge is 2.30. The van der Waals surface area contributed by atoms with Crippen molar-refractivity contribution in [2.45, 2.75) is 32.9 Å². The molecule has 3 rings (SSSR count). The number of pyridine rings is 1. The normalized spacial score (nSPS) is 11.2. The Morgan fingerprint density at radius 1 is 1.03 bits per heavy atom. The number of aryl methyl sites for hydroxylation is 2. The van der Waals surface area contributed by atoms with E-state index in [0.29, 0.717) is 22.7 Å². The number of rotatable bonds is 6. The Morgan fingerprint density at radius 2 is 1.77 bits per heavy atom. The molecule has 0 spiro atoms. The molecule has 1 N–H and O–H groups in total. The Morgan fingerprint density at radius 3 is 2.40 bits per heavy atom. The van der Waals surface area contributed by atoms with Gasteiger partial charge in [-0.05, 0) is 61.9 Å². The van der Waals surface area contributed by atoms with Gasteiger partial charge in [-0.2, -0.15) is 13.2 Å². The maximum atomic E-state index is 12.7. The minimum Gasteiger partial charge on any atom is -0.457 e. The molecule has 4 nitrogen and oxygen atoms in total. The van der Waals surface area contributed by atoms with Gasteiger partial charge in [0.05, 0.1) is 16.8 Å². The molecule has 0 bridgehead atoms. The molecule has 156 valence electrons. The summed E-state index contributed by atoms with van der Waals surface area (Å²) in [5, 5.41) is 2.80. The van der Waals surface area contributed by atoms with Crippen LogP contribution in [0.15, 0.2) is 60.7 Å². The molecule has 0 radical (unpaired) electrons. The van der Waals surface area contributed by atoms with Crippen molar-refractivity contribution in [3.8, 4) is 11.5 Å². The summed E-state index contributed by atoms with van der Waals surface area (Å²) in [6.45, 7) is 3.86. The largest absolute Gasteiger partial charge is 0.457 e. The van der Waals surface area contributed by atoms with Crippen LogP contribution in [0.25, 0.3) is 0 Å². The molecule has 7 heteroatoms. The van der Waals surface area contributed by atoms with Crippen molar-refractivity contribution in [2.24, 2.45) is 0 Å². The van der Waals surface area contributed by atoms with Crippen LogP contribution in [0.4, 0.5) is 18.9 Å². The van der Waals surface area contributed by atoms with Crippen molar-refractivity contribution in [1.29, 1.82) is 0 Å². The quantitative estimate of drug-likeness (QED) is 0.507. The number of hydrogen-bond donors (Lipinski definition) is 1. The highest BCUT2D eigenvalue weighted by molar-refractivity contribution is 6.05. The fourth-order valence-electron chi connectivity index (χ4n) is 2.93. The van der Waals surface area contributed by atoms with Gasteiger partial charge in [-0.3, -0.25) is 9.78 Å². The number of halogens is 3. The third-order valence-corrected chi connectivity index (χ3v) is 4.40. The first-order valence-electron chi connectivity index (χ1n) is 9.49. The van der Waals surface area contributed by atoms with Gasteiger partial charge in [0.1, 0.15) is 11.5 Å². The second-order valence-corrected chi connectivity index (χ2v) is 6.79. The average Bonchev–Trinajstić information content (AvgIpc) is 2.68. The number of amides is 1. The summed E-state index contributed by atoms with van der Waals surface area (Å²) in [7, 11) is 0. The number of carbonyl (C=O) groups excluding carboxylic acids is 1. The highest BCUT2D eigenvalue weighted by atomic mass is 19.4. The summed E-state index contributed by atoms with van der Waals surface area (Å²) in [5.41, 5.74) is 1.82. The summed E-state index contributed by atoms with van der Waals surface area (Å²) >= 11 is 0. The number of aromatic nitrogens is 1. The van der Waals surface area contributed by atoms with Crippen molar-refractivity contribution in [2.75, 3.05) is 5.32 Å². The Kier molecular flexibility index (Phi) is 6.40. The van der Waals surface area contributed by atoms with Gasteiger partial charge in [0, 0.05) is 17.4 Å². The van der Waals surface area contributed by atoms with Crippen LogP contribution in [0.5, 0.6) is 11.5 Å². The number of hydrogen-bond acceptors (Lipinski definition) is 3. The smallest absolute Gasteiger partial charge is 0.416 e. The third-order valence-electron chi connectivity index (χ3n) is 4.40. The van der Waals surface area contributed by atoms with Gasteiger partial charge in [0.2, 0.25) is 0 Å². The van der Waals surface area contributed by atoms with Gasteiger partial charge in [0.15, 0.2) is 0 Å². The molecule has 2 aromatic carbocycles. The first-order valence-corrected chi connectivity index (χ1v) is 9.49. The standard InChI is InChI=1S/C23H21F3N2O2/c1-3-5-17-10-13-21(15(2)27-17)22(29)28-18-6-4-7-20(14-18)30-19-11-8-16(9-12-19)23(24,25)26/h4,6-14H,3,5H2,1-2H3,(H,28,29). The fraction of sp³-hybridized carbons (Fsp3) is 0.217. The second-order valence-electron chi connectivity index (χ2n) is 6.79. The van der Waals surface area contributed by atoms with Crippen LogP contribution in [0, 0.1) is 6.92 Å². The number of nitrogens with one attached hydrogen (secondary N) is 1. The molecule has 0 atom stereocenters. The molecule has 0 aliphatic carbocycles. The van der Waals surface area contributed by atoms with Crippen LogP contribution in [-0.2, 0) is 12.6 Å². The van der Waals surface area contributed by atoms with E-state index in [9.17, 15) is 18.0 Å². The number of anilines is 1. The molecular formula is C23H21F3N2O2. The molecule has 30 heavy (non-hydrogen) atoms. The van der Waals surface area contributed by atoms with E-state index in [1.54, 1.807) is 37.3 Å². The van der Waals surface area contributed by atoms with E-state index in [1.165, 1.54) is 12.1 Å². The molecule has 1 amide bonds. The first kappa shape index (κ1) is 21.4. The lowest BCUT2D eigenvalue weighted by atomic mass is 10.1. The number of carbonyl (C=O) groups is 1. The highest BCUT2D eigenvalue weighted by Crippen LogP contribution is 2.31. The molecular weight excluding hydrogens is 393 g/mol. The topological polar surface area (TPSA) is 51.2 Å². The van der Waals surface area contributed by atoms with Crippen molar-refractivity contribution in [1.82, 2.24) is 4.98 Å². The van der Waals surface area contributed by atoms with E-state index in [4.69, 9.17) is 4.74 Å². The molecule has 0 unspecified atom stereocenters. The van der Waals surface area contributed by atoms with Crippen LogP contribution < -0.4 is 10.1 Å². The third kappa shape index (κ3) is 5.37. The lowest BCUT2D eigenvalue weighted by molar-refractivity contribution is -0.137. The maximum Gasteiger partial charge on any atom is 0.416 e. The number of benzene rings is 2. The zero-order valence-electron chi connectivity index (χ0n) is 16.6. The molecule has 0 aliphatic rings. The summed E-state index contributed by atoms with van der Waals surface area (Å²) in [4.78, 5) is 17.1. The average molecular weight is 414 g/mol. The molecule has 1 heterocycles. The van der Waals surface area contributed by atoms with Crippen LogP contribution in [-0.4, -0.2) is 10.9 Å². The van der Waals surface area contributed by atoms with Gasteiger partial charge < -0.3 is 10.1 Å². The minimum atomic E-state index is -4.40. The second kappa shape index (κ2) is 8.98. The lowest BCUT2D eigenvalue weighted by Gasteiger charge is -2.11. The predicted molar refractivity (Wildman–Crippen MR) is 109 cm³/mol. The van der Waals surface area contributed by atoms with Gasteiger partial charge in [-0.15, -0.1) is 0 Å². The predicted octanol–water partition coefficient (Wildman–Crippen LogP) is 6.41. The number of alkyl halides is 3. The Bertz CT molecular complexity index is 1030. The van der Waals surface area contributed by atoms with E-state index in [-0.39, 0.29) is 11.7 Å². The Balaban J connectivity index is 1.70. The van der Waals surface area contributed by atoms with E-state index >= 15 is 0 Å². The van der Waals surface area contributed by atoms with E-state index in [2.05, 4.69) is 17.2 Å². The van der Waals surface area contributed by atoms with E-state index in [1.807, 2.05) is 6.07 Å². The molecule has 3 aromatic rings. The Hall–Kier alpha value is -3.35. The van der Waals surface area contributed by atoms with Crippen LogP contribution in [0.1, 0.15) is 40.7 Å². The molecule has 0 saturated carbocycles. The SMILES string of the molecule is CCCc1ccc(C(=O)Nc2cccc(Oc3ccc(C(F)(F)F)cc3)c2)c(C)n1. The molecule has 0 saturated heterocycles. The van der Waals surface area contributed by atoms with Gasteiger partial charge in [0.25, 0.3) is 5.91 Å². The zero-order chi connectivity index (χ0) is 21.7. The number of ether oxygens (including phenoxy) is 1. The lowest BCUT2D eigenvalue weighted by Crippen LogP contribution is -2.14. The molecule has 0 aliphatic heterocycles. The van der Waals surface area contributed by atoms with Crippen LogP contribution in [0.2, 0.25) is 0 Å². The number of nitrogens with zero attached hydrogens (tertiary/aromatic N) is 1.